The molecule has 0 unspecified atom stereocenters. The van der Waals surface area contributed by atoms with Crippen molar-refractivity contribution in [3.05, 3.63) is 48.4 Å². The zero-order chi connectivity index (χ0) is 15.5. The zero-order valence-electron chi connectivity index (χ0n) is 13.0. The maximum Gasteiger partial charge on any atom is 0.124 e. The second-order valence-electron chi connectivity index (χ2n) is 5.98. The molecule has 1 saturated heterocycles. The van der Waals surface area contributed by atoms with Crippen molar-refractivity contribution in [3.63, 3.8) is 0 Å². The molecule has 1 fully saturated rings. The van der Waals surface area contributed by atoms with Crippen molar-refractivity contribution in [3.8, 4) is 0 Å². The summed E-state index contributed by atoms with van der Waals surface area (Å²) in [6.07, 6.45) is 4.13. The molecule has 2 aromatic rings. The van der Waals surface area contributed by atoms with Crippen molar-refractivity contribution in [2.45, 2.75) is 25.8 Å². The first-order chi connectivity index (χ1) is 10.7. The number of aromatic nitrogens is 1. The predicted molar refractivity (Wildman–Crippen MR) is 89.7 cm³/mol. The van der Waals surface area contributed by atoms with E-state index >= 15 is 0 Å². The summed E-state index contributed by atoms with van der Waals surface area (Å²) in [5.74, 6) is -0.220. The highest BCUT2D eigenvalue weighted by Crippen LogP contribution is 2.26. The van der Waals surface area contributed by atoms with Gasteiger partial charge in [-0.2, -0.15) is 0 Å². The first-order valence-electron chi connectivity index (χ1n) is 7.82. The number of pyridine rings is 1. The zero-order valence-corrected chi connectivity index (χ0v) is 13.0. The van der Waals surface area contributed by atoms with Gasteiger partial charge in [0.1, 0.15) is 5.82 Å². The van der Waals surface area contributed by atoms with Crippen LogP contribution in [0.4, 0.5) is 10.1 Å². The van der Waals surface area contributed by atoms with E-state index in [1.54, 1.807) is 12.1 Å². The molecule has 0 bridgehead atoms. The lowest BCUT2D eigenvalue weighted by molar-refractivity contribution is 0.240. The van der Waals surface area contributed by atoms with E-state index in [-0.39, 0.29) is 5.82 Å². The van der Waals surface area contributed by atoms with Crippen molar-refractivity contribution in [2.24, 2.45) is 0 Å². The Balaban J connectivity index is 1.79. The van der Waals surface area contributed by atoms with Crippen LogP contribution in [0, 0.1) is 12.7 Å². The van der Waals surface area contributed by atoms with Crippen molar-refractivity contribution in [2.75, 3.05) is 25.0 Å². The molecule has 0 spiro atoms. The van der Waals surface area contributed by atoms with Gasteiger partial charge in [-0.05, 0) is 44.0 Å². The molecule has 1 aliphatic rings. The highest BCUT2D eigenvalue weighted by atomic mass is 19.1. The fraction of sp³-hybridized carbons (Fsp3) is 0.389. The molecular weight excluding hydrogens is 277 g/mol. The average molecular weight is 299 g/mol. The first kappa shape index (κ1) is 15.0. The summed E-state index contributed by atoms with van der Waals surface area (Å²) in [5, 5.41) is 4.46. The molecule has 1 aromatic heterocycles. The van der Waals surface area contributed by atoms with Gasteiger partial charge >= 0.3 is 0 Å². The third kappa shape index (κ3) is 3.28. The molecule has 0 radical (unpaired) electrons. The molecule has 1 N–H and O–H groups in total. The fourth-order valence-corrected chi connectivity index (χ4v) is 3.11. The molecule has 1 aromatic carbocycles. The van der Waals surface area contributed by atoms with E-state index in [0.29, 0.717) is 6.04 Å². The Bertz CT molecular complexity index is 675. The number of rotatable bonds is 4. The largest absolute Gasteiger partial charge is 0.382 e. The van der Waals surface area contributed by atoms with Gasteiger partial charge in [-0.3, -0.25) is 9.88 Å². The number of halogens is 1. The number of benzene rings is 1. The number of fused-ring (bicyclic) bond motifs is 1. The Kier molecular flexibility index (Phi) is 4.39. The van der Waals surface area contributed by atoms with Gasteiger partial charge < -0.3 is 5.32 Å². The predicted octanol–water partition coefficient (Wildman–Crippen LogP) is 3.74. The molecule has 4 heteroatoms. The number of hydrogen-bond acceptors (Lipinski definition) is 3. The molecule has 22 heavy (non-hydrogen) atoms. The highest BCUT2D eigenvalue weighted by Gasteiger charge is 2.19. The maximum atomic E-state index is 13.6. The summed E-state index contributed by atoms with van der Waals surface area (Å²) in [5.41, 5.74) is 2.78. The van der Waals surface area contributed by atoms with Crippen LogP contribution in [-0.2, 0) is 0 Å². The average Bonchev–Trinajstić information content (AvgIpc) is 2.50. The standard InChI is InChI=1S/C18H22FN3/c1-3-8-22-9-6-15(7-10-22)21-18-11-13(2)20-17-5-4-14(19)12-16(17)18/h3-5,11-12,15H,1,6-10H2,2H3,(H,20,21). The van der Waals surface area contributed by atoms with Crippen LogP contribution in [0.15, 0.2) is 36.9 Å². The van der Waals surface area contributed by atoms with E-state index < -0.39 is 0 Å². The maximum absolute atomic E-state index is 13.6. The van der Waals surface area contributed by atoms with E-state index in [4.69, 9.17) is 0 Å². The van der Waals surface area contributed by atoms with Crippen molar-refractivity contribution in [1.82, 2.24) is 9.88 Å². The van der Waals surface area contributed by atoms with Crippen LogP contribution >= 0.6 is 0 Å². The Labute approximate surface area is 130 Å². The smallest absolute Gasteiger partial charge is 0.124 e. The van der Waals surface area contributed by atoms with Gasteiger partial charge in [0.2, 0.25) is 0 Å². The summed E-state index contributed by atoms with van der Waals surface area (Å²) < 4.78 is 13.6. The summed E-state index contributed by atoms with van der Waals surface area (Å²) in [4.78, 5) is 6.88. The third-order valence-corrected chi connectivity index (χ3v) is 4.23. The summed E-state index contributed by atoms with van der Waals surface area (Å²) in [6, 6.07) is 7.21. The normalized spacial score (nSPS) is 16.8. The SMILES string of the molecule is C=CCN1CCC(Nc2cc(C)nc3ccc(F)cc23)CC1. The van der Waals surface area contributed by atoms with Gasteiger partial charge in [-0.1, -0.05) is 6.08 Å². The number of nitrogens with zero attached hydrogens (tertiary/aromatic N) is 2. The molecular formula is C18H22FN3. The van der Waals surface area contributed by atoms with Gasteiger partial charge in [-0.15, -0.1) is 6.58 Å². The molecule has 116 valence electrons. The van der Waals surface area contributed by atoms with E-state index in [9.17, 15) is 4.39 Å². The number of likely N-dealkylation sites (tertiary alicyclic amines) is 1. The van der Waals surface area contributed by atoms with Crippen LogP contribution in [-0.4, -0.2) is 35.6 Å². The van der Waals surface area contributed by atoms with Crippen molar-refractivity contribution >= 4 is 16.6 Å². The lowest BCUT2D eigenvalue weighted by atomic mass is 10.0. The minimum Gasteiger partial charge on any atom is -0.382 e. The number of piperidine rings is 1. The molecule has 3 rings (SSSR count). The van der Waals surface area contributed by atoms with Crippen LogP contribution in [0.1, 0.15) is 18.5 Å². The topological polar surface area (TPSA) is 28.2 Å². The Morgan fingerprint density at radius 3 is 2.86 bits per heavy atom. The second kappa shape index (κ2) is 6.44. The van der Waals surface area contributed by atoms with Crippen LogP contribution < -0.4 is 5.32 Å². The van der Waals surface area contributed by atoms with E-state index in [1.807, 2.05) is 19.1 Å². The Hall–Kier alpha value is -1.94. The number of hydrogen-bond donors (Lipinski definition) is 1. The molecule has 0 amide bonds. The summed E-state index contributed by atoms with van der Waals surface area (Å²) in [7, 11) is 0. The summed E-state index contributed by atoms with van der Waals surface area (Å²) >= 11 is 0. The van der Waals surface area contributed by atoms with Crippen LogP contribution in [0.25, 0.3) is 10.9 Å². The number of nitrogens with one attached hydrogen (secondary N) is 1. The minimum absolute atomic E-state index is 0.220. The van der Waals surface area contributed by atoms with E-state index in [1.165, 1.54) is 6.07 Å². The second-order valence-corrected chi connectivity index (χ2v) is 5.98. The van der Waals surface area contributed by atoms with Gasteiger partial charge in [0.05, 0.1) is 5.52 Å². The lowest BCUT2D eigenvalue weighted by Crippen LogP contribution is -2.39. The van der Waals surface area contributed by atoms with E-state index in [0.717, 1.165) is 54.8 Å². The molecule has 1 aliphatic heterocycles. The molecule has 0 aliphatic carbocycles. The quantitative estimate of drug-likeness (QED) is 0.872. The van der Waals surface area contributed by atoms with Gasteiger partial charge in [0.15, 0.2) is 0 Å². The van der Waals surface area contributed by atoms with Gasteiger partial charge in [0, 0.05) is 42.4 Å². The van der Waals surface area contributed by atoms with Crippen LogP contribution in [0.3, 0.4) is 0 Å². The number of anilines is 1. The van der Waals surface area contributed by atoms with Gasteiger partial charge in [-0.25, -0.2) is 4.39 Å². The minimum atomic E-state index is -0.220. The lowest BCUT2D eigenvalue weighted by Gasteiger charge is -2.32. The van der Waals surface area contributed by atoms with Crippen LogP contribution in [0.2, 0.25) is 0 Å². The van der Waals surface area contributed by atoms with Crippen molar-refractivity contribution in [1.29, 1.82) is 0 Å². The summed E-state index contributed by atoms with van der Waals surface area (Å²) in [6.45, 7) is 8.86. The van der Waals surface area contributed by atoms with Crippen molar-refractivity contribution < 1.29 is 4.39 Å². The Morgan fingerprint density at radius 1 is 1.36 bits per heavy atom. The molecule has 3 nitrogen and oxygen atoms in total. The Morgan fingerprint density at radius 2 is 2.14 bits per heavy atom. The highest BCUT2D eigenvalue weighted by molar-refractivity contribution is 5.91. The first-order valence-corrected chi connectivity index (χ1v) is 7.82. The number of aryl methyl sites for hydroxylation is 1. The van der Waals surface area contributed by atoms with Crippen LogP contribution in [0.5, 0.6) is 0 Å². The van der Waals surface area contributed by atoms with E-state index in [2.05, 4.69) is 21.8 Å². The monoisotopic (exact) mass is 299 g/mol. The fourth-order valence-electron chi connectivity index (χ4n) is 3.11. The molecule has 0 saturated carbocycles. The third-order valence-electron chi connectivity index (χ3n) is 4.23. The van der Waals surface area contributed by atoms with Gasteiger partial charge in [0.25, 0.3) is 0 Å². The molecule has 0 atom stereocenters. The molecule has 2 heterocycles.